The van der Waals surface area contributed by atoms with E-state index in [1.54, 1.807) is 6.20 Å². The molecule has 192 valence electrons. The van der Waals surface area contributed by atoms with Gasteiger partial charge in [-0.2, -0.15) is 0 Å². The Morgan fingerprint density at radius 3 is 2.61 bits per heavy atom. The Morgan fingerprint density at radius 2 is 1.82 bits per heavy atom. The van der Waals surface area contributed by atoms with E-state index in [1.807, 2.05) is 18.3 Å². The molecule has 0 unspecified atom stereocenters. The van der Waals surface area contributed by atoms with E-state index in [2.05, 4.69) is 94.4 Å². The van der Waals surface area contributed by atoms with Gasteiger partial charge >= 0.3 is 0 Å². The lowest BCUT2D eigenvalue weighted by Gasteiger charge is -2.28. The largest absolute Gasteiger partial charge is 0.352 e. The topological polar surface area (TPSA) is 58.3 Å². The molecule has 3 aliphatic rings. The van der Waals surface area contributed by atoms with Crippen molar-refractivity contribution in [3.63, 3.8) is 0 Å². The van der Waals surface area contributed by atoms with Crippen LogP contribution in [0.3, 0.4) is 0 Å². The second-order valence-corrected chi connectivity index (χ2v) is 10.4. The standard InChI is InChI=1S/C32H34N6/c1-23-10-11-27-31(19-23)38(26-8-4-3-5-9-26)32-21-28(34-16-12-24-13-17-37(2)18-14-24)29(20-30(32)36-27)35-25-7-6-15-33-22-25/h3-11,15,19-22,24,35H,12-14,16-18H2,1-2H3. The quantitative estimate of drug-likeness (QED) is 0.281. The number of para-hydroxylation sites is 1. The van der Waals surface area contributed by atoms with Gasteiger partial charge in [-0.05, 0) is 106 Å². The zero-order valence-corrected chi connectivity index (χ0v) is 22.1. The number of pyridine rings is 1. The maximum atomic E-state index is 5.16. The number of nitrogens with zero attached hydrogens (tertiary/aromatic N) is 5. The molecule has 0 bridgehead atoms. The molecule has 0 amide bonds. The molecule has 6 heteroatoms. The summed E-state index contributed by atoms with van der Waals surface area (Å²) in [5.74, 6) is 0.743. The monoisotopic (exact) mass is 502 g/mol. The summed E-state index contributed by atoms with van der Waals surface area (Å²) in [5.41, 5.74) is 8.23. The van der Waals surface area contributed by atoms with Crippen LogP contribution in [-0.4, -0.2) is 46.1 Å². The first-order valence-corrected chi connectivity index (χ1v) is 13.5. The second kappa shape index (κ2) is 10.8. The van der Waals surface area contributed by atoms with Crippen molar-refractivity contribution in [3.8, 4) is 17.1 Å². The molecule has 0 saturated carbocycles. The highest BCUT2D eigenvalue weighted by Gasteiger charge is 2.18. The minimum atomic E-state index is 0.743. The predicted molar refractivity (Wildman–Crippen MR) is 155 cm³/mol. The van der Waals surface area contributed by atoms with Gasteiger partial charge in [-0.25, -0.2) is 4.98 Å². The minimum Gasteiger partial charge on any atom is -0.352 e. The third kappa shape index (κ3) is 5.18. The number of benzene rings is 3. The third-order valence-electron chi connectivity index (χ3n) is 7.56. The van der Waals surface area contributed by atoms with Crippen molar-refractivity contribution in [2.45, 2.75) is 26.2 Å². The summed E-state index contributed by atoms with van der Waals surface area (Å²) in [5, 5.41) is 4.51. The summed E-state index contributed by atoms with van der Waals surface area (Å²) in [6.07, 6.45) is 7.26. The van der Waals surface area contributed by atoms with Crippen LogP contribution in [0.15, 0.2) is 90.2 Å². The van der Waals surface area contributed by atoms with Crippen molar-refractivity contribution >= 4 is 22.4 Å². The van der Waals surface area contributed by atoms with Crippen LogP contribution >= 0.6 is 0 Å². The fourth-order valence-electron chi connectivity index (χ4n) is 5.40. The van der Waals surface area contributed by atoms with Crippen LogP contribution < -0.4 is 10.7 Å². The van der Waals surface area contributed by atoms with Crippen LogP contribution in [0.5, 0.6) is 0 Å². The molecule has 0 radical (unpaired) electrons. The molecule has 1 saturated heterocycles. The lowest BCUT2D eigenvalue weighted by Crippen LogP contribution is -2.30. The number of nitrogens with one attached hydrogen (secondary N) is 1. The summed E-state index contributed by atoms with van der Waals surface area (Å²) in [4.78, 5) is 17.0. The maximum Gasteiger partial charge on any atom is 0.0900 e. The summed E-state index contributed by atoms with van der Waals surface area (Å²) >= 11 is 0. The van der Waals surface area contributed by atoms with Gasteiger partial charge < -0.3 is 14.8 Å². The summed E-state index contributed by atoms with van der Waals surface area (Å²) in [6.45, 7) is 5.31. The van der Waals surface area contributed by atoms with E-state index >= 15 is 0 Å². The fraction of sp³-hybridized carbons (Fsp3) is 0.281. The number of anilines is 2. The predicted octanol–water partition coefficient (Wildman–Crippen LogP) is 6.21. The molecule has 1 N–H and O–H groups in total. The van der Waals surface area contributed by atoms with Crippen LogP contribution in [0.1, 0.15) is 24.8 Å². The fourth-order valence-corrected chi connectivity index (χ4v) is 5.40. The number of hydrogen-bond acceptors (Lipinski definition) is 5. The molecule has 0 atom stereocenters. The van der Waals surface area contributed by atoms with Crippen molar-refractivity contribution in [1.82, 2.24) is 19.4 Å². The summed E-state index contributed by atoms with van der Waals surface area (Å²) in [7, 11) is 2.22. The van der Waals surface area contributed by atoms with Gasteiger partial charge in [0, 0.05) is 18.4 Å². The Labute approximate surface area is 224 Å². The van der Waals surface area contributed by atoms with Gasteiger partial charge in [-0.15, -0.1) is 0 Å². The smallest absolute Gasteiger partial charge is 0.0900 e. The Kier molecular flexibility index (Phi) is 6.88. The molecule has 38 heavy (non-hydrogen) atoms. The summed E-state index contributed by atoms with van der Waals surface area (Å²) in [6, 6.07) is 25.3. The Balaban J connectivity index is 1.50. The highest BCUT2D eigenvalue weighted by Crippen LogP contribution is 2.31. The number of aryl methyl sites for hydroxylation is 1. The van der Waals surface area contributed by atoms with Gasteiger partial charge in [0.25, 0.3) is 0 Å². The van der Waals surface area contributed by atoms with E-state index in [4.69, 9.17) is 9.98 Å². The number of likely N-dealkylation sites (tertiary alicyclic amines) is 1. The van der Waals surface area contributed by atoms with Gasteiger partial charge in [0.2, 0.25) is 0 Å². The Morgan fingerprint density at radius 1 is 0.974 bits per heavy atom. The first-order chi connectivity index (χ1) is 18.6. The normalized spacial score (nSPS) is 15.4. The molecule has 2 aromatic carbocycles. The van der Waals surface area contributed by atoms with Gasteiger partial charge in [-0.3, -0.25) is 9.98 Å². The molecule has 6 rings (SSSR count). The second-order valence-electron chi connectivity index (χ2n) is 10.4. The zero-order valence-electron chi connectivity index (χ0n) is 22.1. The molecule has 6 nitrogen and oxygen atoms in total. The van der Waals surface area contributed by atoms with Crippen LogP contribution in [0.25, 0.3) is 28.1 Å². The molecule has 1 aliphatic carbocycles. The van der Waals surface area contributed by atoms with Gasteiger partial charge in [0.1, 0.15) is 0 Å². The molecule has 0 spiro atoms. The van der Waals surface area contributed by atoms with E-state index in [0.29, 0.717) is 0 Å². The van der Waals surface area contributed by atoms with Crippen LogP contribution in [0.2, 0.25) is 0 Å². The molecule has 1 aromatic heterocycles. The first-order valence-electron chi connectivity index (χ1n) is 13.5. The van der Waals surface area contributed by atoms with E-state index in [-0.39, 0.29) is 0 Å². The average molecular weight is 503 g/mol. The third-order valence-corrected chi connectivity index (χ3v) is 7.56. The van der Waals surface area contributed by atoms with Crippen molar-refractivity contribution in [3.05, 3.63) is 96.1 Å². The molecule has 3 aromatic rings. The molecule has 2 aliphatic heterocycles. The molecule has 3 heterocycles. The highest BCUT2D eigenvalue weighted by molar-refractivity contribution is 5.84. The highest BCUT2D eigenvalue weighted by atomic mass is 15.1. The SMILES string of the molecule is Cc1ccc2nc3cc(Nc4cccnc4)c(=NCCC4CCN(C)CC4)cc-3n(-c3ccccc3)c2c1. The lowest BCUT2D eigenvalue weighted by molar-refractivity contribution is 0.214. The Hall–Kier alpha value is -4.03. The molecule has 1 fully saturated rings. The van der Waals surface area contributed by atoms with Crippen LogP contribution in [0, 0.1) is 12.8 Å². The van der Waals surface area contributed by atoms with E-state index < -0.39 is 0 Å². The minimum absolute atomic E-state index is 0.743. The maximum absolute atomic E-state index is 5.16. The zero-order chi connectivity index (χ0) is 25.9. The number of aromatic nitrogens is 3. The summed E-state index contributed by atoms with van der Waals surface area (Å²) < 4.78 is 2.31. The van der Waals surface area contributed by atoms with Gasteiger partial charge in [0.05, 0.1) is 45.4 Å². The van der Waals surface area contributed by atoms with E-state index in [0.717, 1.165) is 63.7 Å². The van der Waals surface area contributed by atoms with Crippen molar-refractivity contribution in [1.29, 1.82) is 0 Å². The number of hydrogen-bond donors (Lipinski definition) is 1. The lowest BCUT2D eigenvalue weighted by atomic mass is 9.94. The molecular formula is C32H34N6. The van der Waals surface area contributed by atoms with Gasteiger partial charge in [-0.1, -0.05) is 24.3 Å². The Bertz CT molecular complexity index is 1570. The first kappa shape index (κ1) is 24.3. The van der Waals surface area contributed by atoms with Crippen molar-refractivity contribution in [2.75, 3.05) is 32.0 Å². The van der Waals surface area contributed by atoms with Crippen LogP contribution in [-0.2, 0) is 0 Å². The molecular weight excluding hydrogens is 468 g/mol. The van der Waals surface area contributed by atoms with Crippen LogP contribution in [0.4, 0.5) is 11.4 Å². The van der Waals surface area contributed by atoms with E-state index in [1.165, 1.54) is 31.5 Å². The number of fused-ring (bicyclic) bond motifs is 2. The van der Waals surface area contributed by atoms with Crippen molar-refractivity contribution < 1.29 is 0 Å². The number of rotatable bonds is 6. The van der Waals surface area contributed by atoms with Crippen molar-refractivity contribution in [2.24, 2.45) is 10.9 Å². The average Bonchev–Trinajstić information content (AvgIpc) is 2.94. The van der Waals surface area contributed by atoms with E-state index in [9.17, 15) is 0 Å². The number of piperidine rings is 1. The van der Waals surface area contributed by atoms with Gasteiger partial charge in [0.15, 0.2) is 0 Å².